The van der Waals surface area contributed by atoms with Crippen LogP contribution in [0.1, 0.15) is 63.4 Å². The van der Waals surface area contributed by atoms with Gasteiger partial charge in [-0.3, -0.25) is 14.6 Å². The number of aliphatic imine (C=N–C) groups is 1. The summed E-state index contributed by atoms with van der Waals surface area (Å²) in [6.07, 6.45) is 5.76. The highest BCUT2D eigenvalue weighted by atomic mass is 16.5. The van der Waals surface area contributed by atoms with E-state index in [1.54, 1.807) is 27.4 Å². The molecule has 0 aromatic heterocycles. The minimum Gasteiger partial charge on any atom is -0.493 e. The van der Waals surface area contributed by atoms with E-state index in [0.717, 1.165) is 44.2 Å². The summed E-state index contributed by atoms with van der Waals surface area (Å²) < 4.78 is 22.7. The Hall–Kier alpha value is -2.83. The Morgan fingerprint density at radius 3 is 2.34 bits per heavy atom. The van der Waals surface area contributed by atoms with Gasteiger partial charge in [0.15, 0.2) is 17.3 Å². The molecule has 0 radical (unpaired) electrons. The van der Waals surface area contributed by atoms with Gasteiger partial charge in [-0.1, -0.05) is 6.07 Å². The number of allylic oxidation sites excluding steroid dienone is 2. The smallest absolute Gasteiger partial charge is 0.315 e. The van der Waals surface area contributed by atoms with E-state index in [0.29, 0.717) is 40.5 Å². The molecule has 0 bridgehead atoms. The number of ketones is 1. The van der Waals surface area contributed by atoms with Gasteiger partial charge in [-0.25, -0.2) is 0 Å². The Morgan fingerprint density at radius 1 is 0.969 bits per heavy atom. The maximum absolute atomic E-state index is 13.5. The Morgan fingerprint density at radius 2 is 1.69 bits per heavy atom. The number of hydrogen-bond donors (Lipinski definition) is 0. The van der Waals surface area contributed by atoms with Crippen LogP contribution in [0.15, 0.2) is 28.4 Å². The van der Waals surface area contributed by atoms with Crippen LogP contribution in [0, 0.1) is 5.92 Å². The number of hydrogen-bond acceptors (Lipinski definition) is 7. The molecule has 4 rings (SSSR count). The van der Waals surface area contributed by atoms with Crippen LogP contribution in [0.5, 0.6) is 17.2 Å². The highest BCUT2D eigenvalue weighted by Crippen LogP contribution is 2.50. The minimum atomic E-state index is -0.691. The van der Waals surface area contributed by atoms with Crippen molar-refractivity contribution < 1.29 is 28.5 Å². The lowest BCUT2D eigenvalue weighted by molar-refractivity contribution is -0.151. The topological polar surface area (TPSA) is 83.4 Å². The van der Waals surface area contributed by atoms with Crippen molar-refractivity contribution >= 4 is 17.5 Å². The monoisotopic (exact) mass is 441 g/mol. The number of rotatable bonds is 6. The van der Waals surface area contributed by atoms with Crippen molar-refractivity contribution in [2.45, 2.75) is 63.9 Å². The Balaban J connectivity index is 1.86. The number of Topliss-reactive ketones (excluding diaryl/α,β-unsaturated/α-hetero) is 1. The first-order chi connectivity index (χ1) is 15.5. The summed E-state index contributed by atoms with van der Waals surface area (Å²) in [5.41, 5.74) is 2.74. The zero-order valence-corrected chi connectivity index (χ0v) is 19.2. The normalized spacial score (nSPS) is 23.5. The predicted molar refractivity (Wildman–Crippen MR) is 120 cm³/mol. The number of carbonyl (C=O) groups excluding carboxylic acids is 2. The van der Waals surface area contributed by atoms with Crippen molar-refractivity contribution in [3.63, 3.8) is 0 Å². The first-order valence-electron chi connectivity index (χ1n) is 11.3. The molecular formula is C25H31NO6. The Bertz CT molecular complexity index is 973. The number of nitrogens with zero attached hydrogens (tertiary/aromatic N) is 1. The van der Waals surface area contributed by atoms with Crippen LogP contribution in [-0.2, 0) is 14.3 Å². The van der Waals surface area contributed by atoms with E-state index >= 15 is 0 Å². The van der Waals surface area contributed by atoms with E-state index in [9.17, 15) is 9.59 Å². The Labute approximate surface area is 188 Å². The SMILES string of the molecule is COc1ccc([C@@H]2C3=C(CCCC3=O)N=C(C)C2C(=O)OC2CCCC2)c(OC)c1OC. The van der Waals surface area contributed by atoms with E-state index in [-0.39, 0.29) is 17.9 Å². The van der Waals surface area contributed by atoms with Crippen LogP contribution in [0.2, 0.25) is 0 Å². The molecule has 32 heavy (non-hydrogen) atoms. The summed E-state index contributed by atoms with van der Waals surface area (Å²) in [6, 6.07) is 3.64. The van der Waals surface area contributed by atoms with E-state index in [1.807, 2.05) is 13.0 Å². The molecular weight excluding hydrogens is 410 g/mol. The molecule has 7 heteroatoms. The second-order valence-corrected chi connectivity index (χ2v) is 8.61. The van der Waals surface area contributed by atoms with Crippen molar-refractivity contribution in [2.75, 3.05) is 21.3 Å². The first kappa shape index (κ1) is 22.4. The lowest BCUT2D eigenvalue weighted by Gasteiger charge is -2.35. The molecule has 1 aromatic carbocycles. The van der Waals surface area contributed by atoms with Crippen LogP contribution in [0.25, 0.3) is 0 Å². The van der Waals surface area contributed by atoms with Gasteiger partial charge >= 0.3 is 5.97 Å². The van der Waals surface area contributed by atoms with Crippen LogP contribution in [-0.4, -0.2) is 44.9 Å². The summed E-state index contributed by atoms with van der Waals surface area (Å²) in [4.78, 5) is 31.3. The van der Waals surface area contributed by atoms with Gasteiger partial charge in [0, 0.05) is 34.9 Å². The van der Waals surface area contributed by atoms with Gasteiger partial charge in [0.25, 0.3) is 0 Å². The number of benzene rings is 1. The lowest BCUT2D eigenvalue weighted by atomic mass is 9.71. The fourth-order valence-corrected chi connectivity index (χ4v) is 5.26. The van der Waals surface area contributed by atoms with E-state index < -0.39 is 11.8 Å². The zero-order chi connectivity index (χ0) is 22.8. The second kappa shape index (κ2) is 9.35. The van der Waals surface area contributed by atoms with Gasteiger partial charge in [0.05, 0.1) is 21.3 Å². The summed E-state index contributed by atoms with van der Waals surface area (Å²) in [6.45, 7) is 1.85. The number of methoxy groups -OCH3 is 3. The molecule has 1 saturated carbocycles. The summed E-state index contributed by atoms with van der Waals surface area (Å²) >= 11 is 0. The predicted octanol–water partition coefficient (Wildman–Crippen LogP) is 4.38. The first-order valence-corrected chi connectivity index (χ1v) is 11.3. The van der Waals surface area contributed by atoms with Gasteiger partial charge in [-0.05, 0) is 51.5 Å². The van der Waals surface area contributed by atoms with E-state index in [4.69, 9.17) is 23.9 Å². The van der Waals surface area contributed by atoms with Crippen molar-refractivity contribution in [3.8, 4) is 17.2 Å². The molecule has 172 valence electrons. The molecule has 1 heterocycles. The third-order valence-electron chi connectivity index (χ3n) is 6.74. The number of esters is 1. The molecule has 3 aliphatic rings. The second-order valence-electron chi connectivity index (χ2n) is 8.61. The number of ether oxygens (including phenoxy) is 4. The average molecular weight is 442 g/mol. The molecule has 2 aliphatic carbocycles. The zero-order valence-electron chi connectivity index (χ0n) is 19.2. The highest BCUT2D eigenvalue weighted by molar-refractivity contribution is 6.09. The van der Waals surface area contributed by atoms with Gasteiger partial charge in [-0.2, -0.15) is 0 Å². The fraction of sp³-hybridized carbons (Fsp3) is 0.560. The molecule has 1 fully saturated rings. The highest BCUT2D eigenvalue weighted by Gasteiger charge is 2.45. The van der Waals surface area contributed by atoms with Crippen molar-refractivity contribution in [2.24, 2.45) is 10.9 Å². The summed E-state index contributed by atoms with van der Waals surface area (Å²) in [5.74, 6) is -0.129. The molecule has 2 atom stereocenters. The van der Waals surface area contributed by atoms with Crippen molar-refractivity contribution in [1.82, 2.24) is 0 Å². The molecule has 1 unspecified atom stereocenters. The average Bonchev–Trinajstić information content (AvgIpc) is 3.30. The standard InChI is InChI=1S/C25H31NO6/c1-14-20(25(28)32-15-8-5-6-9-15)21(22-17(26-14)10-7-11-18(22)27)16-12-13-19(29-2)24(31-4)23(16)30-3/h12-13,15,20-21H,5-11H2,1-4H3/t20?,21-/m0/s1. The molecule has 1 aliphatic heterocycles. The van der Waals surface area contributed by atoms with Crippen LogP contribution in [0.3, 0.4) is 0 Å². The van der Waals surface area contributed by atoms with E-state index in [1.165, 1.54) is 0 Å². The van der Waals surface area contributed by atoms with Crippen LogP contribution in [0.4, 0.5) is 0 Å². The third kappa shape index (κ3) is 3.89. The quantitative estimate of drug-likeness (QED) is 0.609. The van der Waals surface area contributed by atoms with Gasteiger partial charge in [0.1, 0.15) is 12.0 Å². The van der Waals surface area contributed by atoms with Crippen LogP contribution >= 0.6 is 0 Å². The van der Waals surface area contributed by atoms with Crippen molar-refractivity contribution in [3.05, 3.63) is 29.0 Å². The molecule has 1 aromatic rings. The molecule has 7 nitrogen and oxygen atoms in total. The molecule has 0 N–H and O–H groups in total. The molecule has 0 spiro atoms. The lowest BCUT2D eigenvalue weighted by Crippen LogP contribution is -2.38. The summed E-state index contributed by atoms with van der Waals surface area (Å²) in [5, 5.41) is 0. The van der Waals surface area contributed by atoms with Gasteiger partial charge < -0.3 is 18.9 Å². The fourth-order valence-electron chi connectivity index (χ4n) is 5.26. The minimum absolute atomic E-state index is 0.0306. The van der Waals surface area contributed by atoms with E-state index in [2.05, 4.69) is 0 Å². The maximum Gasteiger partial charge on any atom is 0.315 e. The maximum atomic E-state index is 13.5. The summed E-state index contributed by atoms with van der Waals surface area (Å²) in [7, 11) is 4.65. The third-order valence-corrected chi connectivity index (χ3v) is 6.74. The number of carbonyl (C=O) groups is 2. The Kier molecular flexibility index (Phi) is 6.53. The molecule has 0 saturated heterocycles. The van der Waals surface area contributed by atoms with Crippen LogP contribution < -0.4 is 14.2 Å². The van der Waals surface area contributed by atoms with Gasteiger partial charge in [-0.15, -0.1) is 0 Å². The van der Waals surface area contributed by atoms with Crippen molar-refractivity contribution in [1.29, 1.82) is 0 Å². The van der Waals surface area contributed by atoms with Gasteiger partial charge in [0.2, 0.25) is 5.75 Å². The molecule has 0 amide bonds. The largest absolute Gasteiger partial charge is 0.493 e.